The summed E-state index contributed by atoms with van der Waals surface area (Å²) < 4.78 is 0. The molecule has 4 heteroatoms. The van der Waals surface area contributed by atoms with Gasteiger partial charge >= 0.3 is 6.03 Å². The number of urea groups is 1. The molecule has 0 spiro atoms. The largest absolute Gasteiger partial charge is 0.352 e. The van der Waals surface area contributed by atoms with Crippen LogP contribution in [0.1, 0.15) is 20.3 Å². The number of amides is 2. The zero-order chi connectivity index (χ0) is 9.40. The monoisotopic (exact) mass is 173 g/mol. The van der Waals surface area contributed by atoms with Crippen molar-refractivity contribution in [1.29, 1.82) is 0 Å². The molecule has 4 N–H and O–H groups in total. The number of hydrogen-bond acceptors (Lipinski definition) is 2. The molecule has 0 rings (SSSR count). The van der Waals surface area contributed by atoms with Crippen LogP contribution in [0.4, 0.5) is 4.79 Å². The lowest BCUT2D eigenvalue weighted by atomic mass is 10.1. The standard InChI is InChI=1S/C8H19N3O/c1-7(2)3-4-10-5-6-11-8(9)12/h7,10H,3-6H2,1-2H3,(H3,9,11,12). The Kier molecular flexibility index (Phi) is 6.47. The Labute approximate surface area is 73.9 Å². The Hall–Kier alpha value is -0.770. The average molecular weight is 173 g/mol. The highest BCUT2D eigenvalue weighted by atomic mass is 16.2. The molecule has 0 aliphatic heterocycles. The summed E-state index contributed by atoms with van der Waals surface area (Å²) >= 11 is 0. The molecule has 0 aromatic carbocycles. The van der Waals surface area contributed by atoms with Crippen molar-refractivity contribution in [3.8, 4) is 0 Å². The Balaban J connectivity index is 2.96. The van der Waals surface area contributed by atoms with Crippen LogP contribution in [0.2, 0.25) is 0 Å². The number of carbonyl (C=O) groups is 1. The summed E-state index contributed by atoms with van der Waals surface area (Å²) in [6, 6.07) is -0.458. The summed E-state index contributed by atoms with van der Waals surface area (Å²) in [7, 11) is 0. The summed E-state index contributed by atoms with van der Waals surface area (Å²) in [4.78, 5) is 10.2. The van der Waals surface area contributed by atoms with Gasteiger partial charge in [0.2, 0.25) is 0 Å². The first-order valence-corrected chi connectivity index (χ1v) is 4.37. The molecule has 2 amide bonds. The van der Waals surface area contributed by atoms with Gasteiger partial charge in [0, 0.05) is 13.1 Å². The van der Waals surface area contributed by atoms with Crippen LogP contribution in [0.15, 0.2) is 0 Å². The van der Waals surface area contributed by atoms with Gasteiger partial charge in [-0.3, -0.25) is 0 Å². The van der Waals surface area contributed by atoms with Crippen molar-refractivity contribution in [2.45, 2.75) is 20.3 Å². The lowest BCUT2D eigenvalue weighted by molar-refractivity contribution is 0.249. The van der Waals surface area contributed by atoms with E-state index in [1.54, 1.807) is 0 Å². The van der Waals surface area contributed by atoms with Crippen molar-refractivity contribution in [1.82, 2.24) is 10.6 Å². The van der Waals surface area contributed by atoms with Crippen LogP contribution in [0.5, 0.6) is 0 Å². The maximum atomic E-state index is 10.2. The summed E-state index contributed by atoms with van der Waals surface area (Å²) in [6.07, 6.45) is 1.16. The highest BCUT2D eigenvalue weighted by molar-refractivity contribution is 5.71. The maximum Gasteiger partial charge on any atom is 0.312 e. The first kappa shape index (κ1) is 11.2. The number of primary amides is 1. The van der Waals surface area contributed by atoms with Crippen molar-refractivity contribution in [3.05, 3.63) is 0 Å². The second-order valence-corrected chi connectivity index (χ2v) is 3.22. The van der Waals surface area contributed by atoms with Crippen LogP contribution in [0, 0.1) is 5.92 Å². The van der Waals surface area contributed by atoms with Crippen molar-refractivity contribution in [2.75, 3.05) is 19.6 Å². The van der Waals surface area contributed by atoms with Gasteiger partial charge in [-0.25, -0.2) is 4.79 Å². The van der Waals surface area contributed by atoms with Gasteiger partial charge in [0.25, 0.3) is 0 Å². The van der Waals surface area contributed by atoms with Crippen LogP contribution < -0.4 is 16.4 Å². The fourth-order valence-electron chi connectivity index (χ4n) is 0.790. The lowest BCUT2D eigenvalue weighted by Gasteiger charge is -2.06. The fraction of sp³-hybridized carbons (Fsp3) is 0.875. The molecule has 0 unspecified atom stereocenters. The third kappa shape index (κ3) is 9.23. The predicted octanol–water partition coefficient (Wildman–Crippen LogP) is 0.290. The zero-order valence-electron chi connectivity index (χ0n) is 7.89. The second-order valence-electron chi connectivity index (χ2n) is 3.22. The van der Waals surface area contributed by atoms with E-state index >= 15 is 0 Å². The van der Waals surface area contributed by atoms with E-state index in [-0.39, 0.29) is 0 Å². The van der Waals surface area contributed by atoms with E-state index in [0.717, 1.165) is 25.4 Å². The summed E-state index contributed by atoms with van der Waals surface area (Å²) in [5, 5.41) is 5.71. The third-order valence-corrected chi connectivity index (χ3v) is 1.50. The van der Waals surface area contributed by atoms with Gasteiger partial charge < -0.3 is 16.4 Å². The predicted molar refractivity (Wildman–Crippen MR) is 49.9 cm³/mol. The summed E-state index contributed by atoms with van der Waals surface area (Å²) in [6.45, 7) is 6.76. The van der Waals surface area contributed by atoms with Crippen molar-refractivity contribution < 1.29 is 4.79 Å². The van der Waals surface area contributed by atoms with Crippen molar-refractivity contribution in [2.24, 2.45) is 11.7 Å². The molecule has 0 heterocycles. The smallest absolute Gasteiger partial charge is 0.312 e. The molecule has 0 bridgehead atoms. The Bertz CT molecular complexity index is 125. The Morgan fingerprint density at radius 2 is 2.00 bits per heavy atom. The minimum absolute atomic E-state index is 0.458. The van der Waals surface area contributed by atoms with Gasteiger partial charge in [0.15, 0.2) is 0 Å². The number of nitrogens with one attached hydrogen (secondary N) is 2. The van der Waals surface area contributed by atoms with E-state index in [4.69, 9.17) is 5.73 Å². The molecule has 4 nitrogen and oxygen atoms in total. The first-order chi connectivity index (χ1) is 5.63. The molecule has 0 atom stereocenters. The highest BCUT2D eigenvalue weighted by Gasteiger charge is 1.93. The van der Waals surface area contributed by atoms with E-state index in [1.165, 1.54) is 0 Å². The molecule has 0 aromatic rings. The van der Waals surface area contributed by atoms with Crippen LogP contribution in [0.25, 0.3) is 0 Å². The molecule has 0 saturated carbocycles. The molecule has 0 radical (unpaired) electrons. The molecule has 0 fully saturated rings. The maximum absolute atomic E-state index is 10.2. The first-order valence-electron chi connectivity index (χ1n) is 4.37. The van der Waals surface area contributed by atoms with Crippen LogP contribution in [0.3, 0.4) is 0 Å². The number of hydrogen-bond donors (Lipinski definition) is 3. The van der Waals surface area contributed by atoms with Crippen molar-refractivity contribution in [3.63, 3.8) is 0 Å². The minimum Gasteiger partial charge on any atom is -0.352 e. The highest BCUT2D eigenvalue weighted by Crippen LogP contribution is 1.95. The van der Waals surface area contributed by atoms with Gasteiger partial charge in [-0.2, -0.15) is 0 Å². The molecule has 0 aliphatic carbocycles. The topological polar surface area (TPSA) is 67.2 Å². The summed E-state index contributed by atoms with van der Waals surface area (Å²) in [5.74, 6) is 0.724. The van der Waals surface area contributed by atoms with E-state index in [9.17, 15) is 4.79 Å². The van der Waals surface area contributed by atoms with Gasteiger partial charge in [-0.15, -0.1) is 0 Å². The van der Waals surface area contributed by atoms with Gasteiger partial charge in [0.1, 0.15) is 0 Å². The summed E-state index contributed by atoms with van der Waals surface area (Å²) in [5.41, 5.74) is 4.88. The van der Waals surface area contributed by atoms with Gasteiger partial charge in [0.05, 0.1) is 0 Å². The number of rotatable bonds is 6. The molecular weight excluding hydrogens is 154 g/mol. The molecule has 0 saturated heterocycles. The molecule has 12 heavy (non-hydrogen) atoms. The van der Waals surface area contributed by atoms with Crippen molar-refractivity contribution >= 4 is 6.03 Å². The quantitative estimate of drug-likeness (QED) is 0.505. The van der Waals surface area contributed by atoms with Gasteiger partial charge in [-0.05, 0) is 18.9 Å². The number of nitrogens with two attached hydrogens (primary N) is 1. The Morgan fingerprint density at radius 3 is 2.50 bits per heavy atom. The average Bonchev–Trinajstić information content (AvgIpc) is 1.95. The molecular formula is C8H19N3O. The normalized spacial score (nSPS) is 10.2. The third-order valence-electron chi connectivity index (χ3n) is 1.50. The molecule has 72 valence electrons. The zero-order valence-corrected chi connectivity index (χ0v) is 7.89. The lowest BCUT2D eigenvalue weighted by Crippen LogP contribution is -2.35. The minimum atomic E-state index is -0.458. The Morgan fingerprint density at radius 1 is 1.33 bits per heavy atom. The molecule has 0 aromatic heterocycles. The van der Waals surface area contributed by atoms with E-state index in [1.807, 2.05) is 0 Å². The second kappa shape index (κ2) is 6.91. The van der Waals surface area contributed by atoms with Crippen LogP contribution >= 0.6 is 0 Å². The fourth-order valence-corrected chi connectivity index (χ4v) is 0.790. The van der Waals surface area contributed by atoms with E-state index < -0.39 is 6.03 Å². The van der Waals surface area contributed by atoms with Crippen LogP contribution in [-0.2, 0) is 0 Å². The van der Waals surface area contributed by atoms with E-state index in [0.29, 0.717) is 6.54 Å². The SMILES string of the molecule is CC(C)CCNCCNC(N)=O. The van der Waals surface area contributed by atoms with E-state index in [2.05, 4.69) is 24.5 Å². The van der Waals surface area contributed by atoms with Crippen LogP contribution in [-0.4, -0.2) is 25.7 Å². The van der Waals surface area contributed by atoms with Gasteiger partial charge in [-0.1, -0.05) is 13.8 Å². The number of carbonyl (C=O) groups excluding carboxylic acids is 1. The molecule has 0 aliphatic rings.